The molecule has 3 nitrogen and oxygen atoms in total. The van der Waals surface area contributed by atoms with E-state index in [1.807, 2.05) is 18.3 Å². The third kappa shape index (κ3) is 2.52. The van der Waals surface area contributed by atoms with Crippen molar-refractivity contribution in [1.82, 2.24) is 4.98 Å². The summed E-state index contributed by atoms with van der Waals surface area (Å²) < 4.78 is 5.22. The van der Waals surface area contributed by atoms with Crippen LogP contribution in [0.25, 0.3) is 0 Å². The number of nitrogens with zero attached hydrogens (tertiary/aromatic N) is 1. The molecular formula is C9H10N2OS2. The van der Waals surface area contributed by atoms with Crippen LogP contribution in [0, 0.1) is 0 Å². The highest BCUT2D eigenvalue weighted by Gasteiger charge is 2.00. The highest BCUT2D eigenvalue weighted by Crippen LogP contribution is 2.22. The number of anilines is 1. The summed E-state index contributed by atoms with van der Waals surface area (Å²) in [5, 5.41) is 0.638. The standard InChI is InChI=1S/C9H10N2OS2/c10-9-11-4-8(14-9)6-13-5-7-2-1-3-12-7/h1-4H,5-6H2,(H2,10,11). The van der Waals surface area contributed by atoms with E-state index in [-0.39, 0.29) is 0 Å². The van der Waals surface area contributed by atoms with E-state index in [2.05, 4.69) is 4.98 Å². The van der Waals surface area contributed by atoms with Gasteiger partial charge in [-0.3, -0.25) is 0 Å². The van der Waals surface area contributed by atoms with Crippen LogP contribution < -0.4 is 5.73 Å². The van der Waals surface area contributed by atoms with Crippen LogP contribution in [0.15, 0.2) is 29.0 Å². The second-order valence-corrected chi connectivity index (χ2v) is 4.87. The lowest BCUT2D eigenvalue weighted by Gasteiger charge is -1.95. The predicted octanol–water partition coefficient (Wildman–Crippen LogP) is 2.75. The fourth-order valence-corrected chi connectivity index (χ4v) is 2.74. The van der Waals surface area contributed by atoms with Gasteiger partial charge < -0.3 is 10.2 Å². The van der Waals surface area contributed by atoms with E-state index in [1.54, 1.807) is 29.4 Å². The number of hydrogen-bond acceptors (Lipinski definition) is 5. The molecule has 14 heavy (non-hydrogen) atoms. The normalized spacial score (nSPS) is 10.6. The number of thioether (sulfide) groups is 1. The third-order valence-corrected chi connectivity index (χ3v) is 3.65. The quantitative estimate of drug-likeness (QED) is 0.871. The molecule has 0 atom stereocenters. The van der Waals surface area contributed by atoms with Crippen LogP contribution in [0.2, 0.25) is 0 Å². The molecule has 0 aromatic carbocycles. The van der Waals surface area contributed by atoms with Gasteiger partial charge in [-0.25, -0.2) is 4.98 Å². The van der Waals surface area contributed by atoms with Gasteiger partial charge >= 0.3 is 0 Å². The molecule has 2 aromatic rings. The van der Waals surface area contributed by atoms with Crippen molar-refractivity contribution < 1.29 is 4.42 Å². The van der Waals surface area contributed by atoms with E-state index < -0.39 is 0 Å². The first-order valence-corrected chi connectivity index (χ1v) is 6.12. The number of hydrogen-bond donors (Lipinski definition) is 1. The molecule has 2 heterocycles. The van der Waals surface area contributed by atoms with Gasteiger partial charge in [0.2, 0.25) is 0 Å². The SMILES string of the molecule is Nc1ncc(CSCc2ccco2)s1. The molecule has 2 N–H and O–H groups in total. The zero-order valence-electron chi connectivity index (χ0n) is 7.47. The van der Waals surface area contributed by atoms with Crippen molar-refractivity contribution in [3.05, 3.63) is 35.2 Å². The fourth-order valence-electron chi connectivity index (χ4n) is 1.04. The first-order valence-electron chi connectivity index (χ1n) is 4.15. The van der Waals surface area contributed by atoms with Gasteiger partial charge in [-0.1, -0.05) is 0 Å². The average molecular weight is 226 g/mol. The molecule has 74 valence electrons. The first-order chi connectivity index (χ1) is 6.84. The Bertz CT molecular complexity index is 383. The third-order valence-electron chi connectivity index (χ3n) is 1.64. The van der Waals surface area contributed by atoms with E-state index in [9.17, 15) is 0 Å². The molecule has 0 saturated carbocycles. The summed E-state index contributed by atoms with van der Waals surface area (Å²) >= 11 is 3.34. The van der Waals surface area contributed by atoms with Crippen molar-refractivity contribution in [3.63, 3.8) is 0 Å². The van der Waals surface area contributed by atoms with E-state index in [1.165, 1.54) is 4.88 Å². The highest BCUT2D eigenvalue weighted by atomic mass is 32.2. The molecule has 2 aromatic heterocycles. The molecule has 0 unspecified atom stereocenters. The molecule has 0 aliphatic heterocycles. The molecule has 0 amide bonds. The lowest BCUT2D eigenvalue weighted by Crippen LogP contribution is -1.77. The van der Waals surface area contributed by atoms with Gasteiger partial charge in [-0.05, 0) is 12.1 Å². The minimum absolute atomic E-state index is 0.638. The summed E-state index contributed by atoms with van der Waals surface area (Å²) in [7, 11) is 0. The number of thiazole rings is 1. The van der Waals surface area contributed by atoms with Gasteiger partial charge in [-0.15, -0.1) is 23.1 Å². The summed E-state index contributed by atoms with van der Waals surface area (Å²) in [5.74, 6) is 2.84. The van der Waals surface area contributed by atoms with Gasteiger partial charge in [0.25, 0.3) is 0 Å². The van der Waals surface area contributed by atoms with Crippen molar-refractivity contribution in [2.75, 3.05) is 5.73 Å². The van der Waals surface area contributed by atoms with Crippen LogP contribution >= 0.6 is 23.1 Å². The molecule has 0 aliphatic rings. The second-order valence-electron chi connectivity index (χ2n) is 2.74. The number of nitrogens with two attached hydrogens (primary N) is 1. The monoisotopic (exact) mass is 226 g/mol. The Morgan fingerprint density at radius 3 is 3.07 bits per heavy atom. The van der Waals surface area contributed by atoms with Gasteiger partial charge in [0.1, 0.15) is 5.76 Å². The van der Waals surface area contributed by atoms with E-state index in [4.69, 9.17) is 10.2 Å². The van der Waals surface area contributed by atoms with Gasteiger partial charge in [-0.2, -0.15) is 0 Å². The Balaban J connectivity index is 1.78. The maximum Gasteiger partial charge on any atom is 0.180 e. The number of furan rings is 1. The predicted molar refractivity (Wildman–Crippen MR) is 60.2 cm³/mol. The Morgan fingerprint density at radius 2 is 2.43 bits per heavy atom. The van der Waals surface area contributed by atoms with E-state index in [0.29, 0.717) is 5.13 Å². The Labute approximate surface area is 90.3 Å². The maximum absolute atomic E-state index is 5.52. The average Bonchev–Trinajstić information content (AvgIpc) is 2.77. The Kier molecular flexibility index (Phi) is 3.10. The van der Waals surface area contributed by atoms with Crippen molar-refractivity contribution in [2.45, 2.75) is 11.5 Å². The van der Waals surface area contributed by atoms with Gasteiger partial charge in [0.05, 0.1) is 12.0 Å². The van der Waals surface area contributed by atoms with Crippen LogP contribution in [-0.2, 0) is 11.5 Å². The summed E-state index contributed by atoms with van der Waals surface area (Å²) in [6.07, 6.45) is 3.52. The molecule has 0 radical (unpaired) electrons. The van der Waals surface area contributed by atoms with Crippen molar-refractivity contribution in [3.8, 4) is 0 Å². The topological polar surface area (TPSA) is 52.0 Å². The lowest BCUT2D eigenvalue weighted by atomic mass is 10.5. The Hall–Kier alpha value is -0.940. The van der Waals surface area contributed by atoms with E-state index in [0.717, 1.165) is 17.3 Å². The van der Waals surface area contributed by atoms with Crippen molar-refractivity contribution >= 4 is 28.2 Å². The van der Waals surface area contributed by atoms with Gasteiger partial charge in [0.15, 0.2) is 5.13 Å². The molecule has 2 rings (SSSR count). The zero-order valence-corrected chi connectivity index (χ0v) is 9.11. The molecular weight excluding hydrogens is 216 g/mol. The zero-order chi connectivity index (χ0) is 9.80. The highest BCUT2D eigenvalue weighted by molar-refractivity contribution is 7.97. The lowest BCUT2D eigenvalue weighted by molar-refractivity contribution is 0.530. The minimum atomic E-state index is 0.638. The van der Waals surface area contributed by atoms with Crippen molar-refractivity contribution in [2.24, 2.45) is 0 Å². The first kappa shape index (κ1) is 9.61. The van der Waals surface area contributed by atoms with Crippen LogP contribution in [-0.4, -0.2) is 4.98 Å². The minimum Gasteiger partial charge on any atom is -0.468 e. The smallest absolute Gasteiger partial charge is 0.180 e. The largest absolute Gasteiger partial charge is 0.468 e. The van der Waals surface area contributed by atoms with Crippen LogP contribution in [0.5, 0.6) is 0 Å². The fraction of sp³-hybridized carbons (Fsp3) is 0.222. The summed E-state index contributed by atoms with van der Waals surface area (Å²) in [4.78, 5) is 5.20. The second kappa shape index (κ2) is 4.52. The molecule has 0 saturated heterocycles. The van der Waals surface area contributed by atoms with Crippen LogP contribution in [0.4, 0.5) is 5.13 Å². The van der Waals surface area contributed by atoms with Crippen molar-refractivity contribution in [1.29, 1.82) is 0 Å². The summed E-state index contributed by atoms with van der Waals surface area (Å²) in [6.45, 7) is 0. The molecule has 0 bridgehead atoms. The Morgan fingerprint density at radius 1 is 1.50 bits per heavy atom. The summed E-state index contributed by atoms with van der Waals surface area (Å²) in [6, 6.07) is 3.88. The number of rotatable bonds is 4. The van der Waals surface area contributed by atoms with E-state index >= 15 is 0 Å². The maximum atomic E-state index is 5.52. The molecule has 0 fully saturated rings. The number of nitrogen functional groups attached to an aromatic ring is 1. The number of aromatic nitrogens is 1. The molecule has 0 aliphatic carbocycles. The van der Waals surface area contributed by atoms with Crippen LogP contribution in [0.3, 0.4) is 0 Å². The van der Waals surface area contributed by atoms with Gasteiger partial charge in [0, 0.05) is 16.8 Å². The molecule has 5 heteroatoms. The summed E-state index contributed by atoms with van der Waals surface area (Å²) in [5.41, 5.74) is 5.52. The van der Waals surface area contributed by atoms with Crippen LogP contribution in [0.1, 0.15) is 10.6 Å². The molecule has 0 spiro atoms.